The Morgan fingerprint density at radius 3 is 2.36 bits per heavy atom. The van der Waals surface area contributed by atoms with Crippen LogP contribution in [0.25, 0.3) is 11.1 Å². The molecule has 1 heterocycles. The highest BCUT2D eigenvalue weighted by molar-refractivity contribution is 7.87. The molecule has 0 aromatic heterocycles. The Labute approximate surface area is 167 Å². The van der Waals surface area contributed by atoms with Crippen molar-refractivity contribution in [3.05, 3.63) is 54.1 Å². The van der Waals surface area contributed by atoms with Gasteiger partial charge in [0.05, 0.1) is 5.25 Å². The minimum atomic E-state index is -1.02. The number of rotatable bonds is 6. The van der Waals surface area contributed by atoms with Gasteiger partial charge in [-0.3, -0.25) is 9.59 Å². The molecule has 2 aromatic carbocycles. The van der Waals surface area contributed by atoms with E-state index in [1.165, 1.54) is 0 Å². The third-order valence-electron chi connectivity index (χ3n) is 5.12. The number of benzene rings is 2. The molecule has 4 rings (SSSR count). The number of anilines is 1. The summed E-state index contributed by atoms with van der Waals surface area (Å²) < 4.78 is 15.1. The average molecular weight is 398 g/mol. The molecule has 1 aliphatic carbocycles. The van der Waals surface area contributed by atoms with Gasteiger partial charge in [-0.25, -0.2) is 4.21 Å². The van der Waals surface area contributed by atoms with Crippen LogP contribution in [-0.4, -0.2) is 57.8 Å². The van der Waals surface area contributed by atoms with Crippen LogP contribution >= 0.6 is 0 Å². The van der Waals surface area contributed by atoms with Gasteiger partial charge in [0.25, 0.3) is 5.91 Å². The minimum absolute atomic E-state index is 0.00709. The lowest BCUT2D eigenvalue weighted by atomic mass is 10.0. The summed E-state index contributed by atoms with van der Waals surface area (Å²) in [5, 5.41) is 0.280. The molecule has 0 spiro atoms. The lowest BCUT2D eigenvalue weighted by Gasteiger charge is -2.32. The highest BCUT2D eigenvalue weighted by Crippen LogP contribution is 2.28. The molecule has 1 N–H and O–H groups in total. The minimum Gasteiger partial charge on any atom is -0.342 e. The van der Waals surface area contributed by atoms with Gasteiger partial charge in [-0.05, 0) is 48.2 Å². The fraction of sp³-hybridized carbons (Fsp3) is 0.333. The van der Waals surface area contributed by atoms with Crippen LogP contribution in [0.4, 0.5) is 5.69 Å². The Bertz CT molecular complexity index is 888. The van der Waals surface area contributed by atoms with Crippen LogP contribution in [0.15, 0.2) is 48.5 Å². The van der Waals surface area contributed by atoms with Crippen LogP contribution in [0.1, 0.15) is 23.2 Å². The zero-order valence-corrected chi connectivity index (χ0v) is 16.4. The molecule has 2 amide bonds. The molecule has 2 fully saturated rings. The molecular weight excluding hydrogens is 374 g/mol. The quantitative estimate of drug-likeness (QED) is 0.762. The van der Waals surface area contributed by atoms with Crippen molar-refractivity contribution in [2.24, 2.45) is 0 Å². The Kier molecular flexibility index (Phi) is 5.43. The largest absolute Gasteiger partial charge is 0.342 e. The zero-order valence-electron chi connectivity index (χ0n) is 15.5. The van der Waals surface area contributed by atoms with Crippen molar-refractivity contribution in [1.82, 2.24) is 9.80 Å². The molecule has 0 radical (unpaired) electrons. The molecule has 146 valence electrons. The third-order valence-corrected chi connectivity index (χ3v) is 6.64. The van der Waals surface area contributed by atoms with Gasteiger partial charge < -0.3 is 14.5 Å². The van der Waals surface area contributed by atoms with Crippen molar-refractivity contribution in [3.8, 4) is 11.1 Å². The first kappa shape index (κ1) is 18.7. The Balaban J connectivity index is 1.43. The predicted molar refractivity (Wildman–Crippen MR) is 110 cm³/mol. The maximum Gasteiger partial charge on any atom is 0.253 e. The summed E-state index contributed by atoms with van der Waals surface area (Å²) >= 11 is 0. The van der Waals surface area contributed by atoms with Gasteiger partial charge in [-0.1, -0.05) is 24.3 Å². The number of hydrogen-bond donors (Lipinski definition) is 1. The Morgan fingerprint density at radius 2 is 1.71 bits per heavy atom. The summed E-state index contributed by atoms with van der Waals surface area (Å²) in [6, 6.07) is 15.4. The number of nitrogens with one attached hydrogen (secondary N) is 1. The van der Waals surface area contributed by atoms with E-state index in [1.54, 1.807) is 9.80 Å². The average Bonchev–Trinajstić information content (AvgIpc) is 3.59. The molecule has 0 bridgehead atoms. The van der Waals surface area contributed by atoms with Gasteiger partial charge in [-0.15, -0.1) is 0 Å². The highest BCUT2D eigenvalue weighted by atomic mass is 32.2. The SMILES string of the molecule is O=CN1CCN(C(=O)c2ccc(-c3cccc(NS(=O)C4CC4)c3)cc2)CC1. The second kappa shape index (κ2) is 8.14. The maximum atomic E-state index is 12.7. The number of nitrogens with zero attached hydrogens (tertiary/aromatic N) is 2. The summed E-state index contributed by atoms with van der Waals surface area (Å²) in [7, 11) is -1.02. The molecule has 1 atom stereocenters. The first-order valence-electron chi connectivity index (χ1n) is 9.50. The first-order valence-corrected chi connectivity index (χ1v) is 10.7. The van der Waals surface area contributed by atoms with Gasteiger partial charge in [0.1, 0.15) is 11.0 Å². The van der Waals surface area contributed by atoms with E-state index in [-0.39, 0.29) is 11.2 Å². The summed E-state index contributed by atoms with van der Waals surface area (Å²) in [5.74, 6) is -0.00709. The van der Waals surface area contributed by atoms with Crippen LogP contribution in [0, 0.1) is 0 Å². The van der Waals surface area contributed by atoms with Gasteiger partial charge in [-0.2, -0.15) is 0 Å². The van der Waals surface area contributed by atoms with Crippen LogP contribution in [0.2, 0.25) is 0 Å². The van der Waals surface area contributed by atoms with E-state index in [4.69, 9.17) is 0 Å². The smallest absolute Gasteiger partial charge is 0.253 e. The molecule has 1 unspecified atom stereocenters. The van der Waals surface area contributed by atoms with Gasteiger partial charge >= 0.3 is 0 Å². The van der Waals surface area contributed by atoms with E-state index in [0.29, 0.717) is 31.7 Å². The second-order valence-electron chi connectivity index (χ2n) is 7.19. The number of amides is 2. The summed E-state index contributed by atoms with van der Waals surface area (Å²) in [6.07, 6.45) is 2.89. The van der Waals surface area contributed by atoms with Crippen molar-refractivity contribution >= 4 is 29.0 Å². The standard InChI is InChI=1S/C21H23N3O3S/c25-15-23-10-12-24(13-11-23)21(26)17-6-4-16(5-7-17)18-2-1-3-19(14-18)22-28(27)20-8-9-20/h1-7,14-15,20,22H,8-13H2. The number of piperazine rings is 1. The zero-order chi connectivity index (χ0) is 19.5. The Hall–Kier alpha value is -2.67. The van der Waals surface area contributed by atoms with Crippen LogP contribution in [-0.2, 0) is 15.8 Å². The highest BCUT2D eigenvalue weighted by Gasteiger charge is 2.28. The van der Waals surface area contributed by atoms with E-state index in [0.717, 1.165) is 36.1 Å². The number of carbonyl (C=O) groups is 2. The van der Waals surface area contributed by atoms with Crippen molar-refractivity contribution in [2.45, 2.75) is 18.1 Å². The van der Waals surface area contributed by atoms with E-state index >= 15 is 0 Å². The number of carbonyl (C=O) groups excluding carboxylic acids is 2. The molecule has 1 saturated carbocycles. The van der Waals surface area contributed by atoms with E-state index in [2.05, 4.69) is 4.72 Å². The molecule has 2 aromatic rings. The third kappa shape index (κ3) is 4.25. The summed E-state index contributed by atoms with van der Waals surface area (Å²) in [4.78, 5) is 26.9. The lowest BCUT2D eigenvalue weighted by Crippen LogP contribution is -2.48. The summed E-state index contributed by atoms with van der Waals surface area (Å²) in [5.41, 5.74) is 3.50. The van der Waals surface area contributed by atoms with Crippen LogP contribution in [0.3, 0.4) is 0 Å². The monoisotopic (exact) mass is 397 g/mol. The fourth-order valence-corrected chi connectivity index (χ4v) is 4.35. The topological polar surface area (TPSA) is 69.7 Å². The van der Waals surface area contributed by atoms with Crippen molar-refractivity contribution in [3.63, 3.8) is 0 Å². The van der Waals surface area contributed by atoms with Crippen molar-refractivity contribution in [1.29, 1.82) is 0 Å². The molecule has 28 heavy (non-hydrogen) atoms. The summed E-state index contributed by atoms with van der Waals surface area (Å²) in [6.45, 7) is 2.28. The molecule has 1 aliphatic heterocycles. The maximum absolute atomic E-state index is 12.7. The molecule has 6 nitrogen and oxygen atoms in total. The second-order valence-corrected chi connectivity index (χ2v) is 8.66. The first-order chi connectivity index (χ1) is 13.6. The van der Waals surface area contributed by atoms with E-state index in [9.17, 15) is 13.8 Å². The van der Waals surface area contributed by atoms with Crippen LogP contribution < -0.4 is 4.72 Å². The van der Waals surface area contributed by atoms with Crippen LogP contribution in [0.5, 0.6) is 0 Å². The predicted octanol–water partition coefficient (Wildman–Crippen LogP) is 2.51. The lowest BCUT2D eigenvalue weighted by molar-refractivity contribution is -0.119. The molecule has 1 saturated heterocycles. The van der Waals surface area contributed by atoms with Crippen molar-refractivity contribution in [2.75, 3.05) is 30.9 Å². The Morgan fingerprint density at radius 1 is 1.00 bits per heavy atom. The number of hydrogen-bond acceptors (Lipinski definition) is 3. The molecular formula is C21H23N3O3S. The normalized spacial score (nSPS) is 17.9. The van der Waals surface area contributed by atoms with E-state index < -0.39 is 11.0 Å². The van der Waals surface area contributed by atoms with Gasteiger partial charge in [0.15, 0.2) is 0 Å². The van der Waals surface area contributed by atoms with Gasteiger partial charge in [0.2, 0.25) is 6.41 Å². The fourth-order valence-electron chi connectivity index (χ4n) is 3.26. The van der Waals surface area contributed by atoms with E-state index in [1.807, 2.05) is 48.5 Å². The van der Waals surface area contributed by atoms with Gasteiger partial charge in [0, 0.05) is 37.4 Å². The molecule has 2 aliphatic rings. The molecule has 7 heteroatoms. The van der Waals surface area contributed by atoms with Crippen molar-refractivity contribution < 1.29 is 13.8 Å².